The van der Waals surface area contributed by atoms with E-state index in [0.717, 1.165) is 36.5 Å². The molecule has 0 saturated carbocycles. The fourth-order valence-electron chi connectivity index (χ4n) is 0.810. The maximum absolute atomic E-state index is 5.70. The van der Waals surface area contributed by atoms with Gasteiger partial charge in [0.05, 0.1) is 13.2 Å². The molecule has 0 amide bonds. The monoisotopic (exact) mass is 390 g/mol. The highest BCUT2D eigenvalue weighted by Gasteiger charge is 2.29. The van der Waals surface area contributed by atoms with Gasteiger partial charge in [-0.05, 0) is 35.4 Å². The quantitative estimate of drug-likeness (QED) is 0.181. The molecule has 0 radical (unpaired) electrons. The van der Waals surface area contributed by atoms with Gasteiger partial charge >= 0.3 is 0 Å². The molecule has 2 nitrogen and oxygen atoms in total. The third-order valence-electron chi connectivity index (χ3n) is 1.72. The van der Waals surface area contributed by atoms with Crippen molar-refractivity contribution in [3.05, 3.63) is 0 Å². The molecule has 0 heterocycles. The molecule has 0 unspecified atom stereocenters. The Hall–Kier alpha value is 2.14. The molecule has 9 heteroatoms. The predicted octanol–water partition coefficient (Wildman–Crippen LogP) is 6.55. The summed E-state index contributed by atoms with van der Waals surface area (Å²) < 4.78 is 9.96. The fraction of sp³-hybridized carbons (Fsp3) is 1.00. The van der Waals surface area contributed by atoms with Crippen LogP contribution in [0, 0.1) is 0 Å². The van der Waals surface area contributed by atoms with Crippen LogP contribution in [0.5, 0.6) is 0 Å². The normalized spacial score (nSPS) is 12.9. The zero-order chi connectivity index (χ0) is 14.1. The van der Waals surface area contributed by atoms with E-state index in [9.17, 15) is 0 Å². The number of unbranched alkanes of at least 4 members (excludes halogenated alkanes) is 2. The summed E-state index contributed by atoms with van der Waals surface area (Å²) in [7, 11) is 2.30. The van der Waals surface area contributed by atoms with Crippen LogP contribution in [0.25, 0.3) is 0 Å². The van der Waals surface area contributed by atoms with E-state index in [2.05, 4.69) is 13.8 Å². The highest BCUT2D eigenvalue weighted by Crippen LogP contribution is 2.69. The Balaban J connectivity index is 4.25. The Kier molecular flexibility index (Phi) is 12.1. The van der Waals surface area contributed by atoms with Gasteiger partial charge in [-0.2, -0.15) is 0 Å². The van der Waals surface area contributed by atoms with E-state index in [4.69, 9.17) is 55.7 Å². The molecule has 0 aromatic heterocycles. The highest BCUT2D eigenvalue weighted by molar-refractivity contribution is 9.03. The van der Waals surface area contributed by atoms with Gasteiger partial charge in [-0.1, -0.05) is 61.5 Å². The lowest BCUT2D eigenvalue weighted by Gasteiger charge is -2.22. The van der Waals surface area contributed by atoms with Crippen LogP contribution in [0.4, 0.5) is 0 Å². The molecule has 0 aliphatic rings. The van der Waals surface area contributed by atoms with Crippen molar-refractivity contribution in [1.82, 2.24) is 0 Å². The van der Waals surface area contributed by atoms with E-state index in [-0.39, 0.29) is 0 Å². The highest BCUT2D eigenvalue weighted by atomic mass is 35.6. The van der Waals surface area contributed by atoms with Crippen molar-refractivity contribution in [2.24, 2.45) is 0 Å². The van der Waals surface area contributed by atoms with Crippen molar-refractivity contribution in [2.75, 3.05) is 13.2 Å². The molecule has 0 spiro atoms. The molecule has 0 saturated heterocycles. The first kappa shape index (κ1) is 20.1. The summed E-state index contributed by atoms with van der Waals surface area (Å²) in [5.74, 6) is 0. The van der Waals surface area contributed by atoms with Gasteiger partial charge in [-0.3, -0.25) is 0 Å². The van der Waals surface area contributed by atoms with Crippen molar-refractivity contribution in [1.29, 1.82) is 0 Å². The van der Waals surface area contributed by atoms with Gasteiger partial charge in [0.1, 0.15) is 0 Å². The van der Waals surface area contributed by atoms with Crippen LogP contribution in [0.1, 0.15) is 39.5 Å². The number of rotatable bonds is 10. The van der Waals surface area contributed by atoms with E-state index in [1.807, 2.05) is 0 Å². The van der Waals surface area contributed by atoms with Crippen molar-refractivity contribution in [2.45, 2.75) is 42.7 Å². The van der Waals surface area contributed by atoms with Gasteiger partial charge in [0.15, 0.2) is 0 Å². The summed E-state index contributed by atoms with van der Waals surface area (Å²) in [5.41, 5.74) is -2.42. The number of alkyl halides is 3. The largest absolute Gasteiger partial charge is 0.321 e. The van der Waals surface area contributed by atoms with E-state index < -0.39 is 8.82 Å². The topological polar surface area (TPSA) is 18.5 Å². The summed E-state index contributed by atoms with van der Waals surface area (Å²) in [5, 5.41) is 0. The average Bonchev–Trinajstić information content (AvgIpc) is 2.27. The molecule has 0 aliphatic carbocycles. The minimum Gasteiger partial charge on any atom is -0.321 e. The molecule has 0 aromatic rings. The first-order valence-corrected chi connectivity index (χ1v) is 12.2. The average molecular weight is 392 g/mol. The van der Waals surface area contributed by atoms with E-state index in [1.165, 1.54) is 10.4 Å². The minimum atomic E-state index is -2.42. The summed E-state index contributed by atoms with van der Waals surface area (Å²) in [6.07, 6.45) is 4.00. The third kappa shape index (κ3) is 11.9. The second kappa shape index (κ2) is 10.8. The Morgan fingerprint density at radius 3 is 1.83 bits per heavy atom. The van der Waals surface area contributed by atoms with Crippen LogP contribution < -0.4 is 0 Å². The second-order valence-corrected chi connectivity index (χ2v) is 14.6. The molecule has 0 N–H and O–H groups in total. The summed E-state index contributed by atoms with van der Waals surface area (Å²) in [4.78, 5) is 0. The minimum absolute atomic E-state index is 0.591. The van der Waals surface area contributed by atoms with Gasteiger partial charge in [-0.25, -0.2) is 0 Å². The van der Waals surface area contributed by atoms with E-state index in [1.54, 1.807) is 0 Å². The lowest BCUT2D eigenvalue weighted by molar-refractivity contribution is 0.253. The molecule has 0 aliphatic heterocycles. The Labute approximate surface area is 137 Å². The second-order valence-electron chi connectivity index (χ2n) is 3.42. The maximum atomic E-state index is 5.70. The lowest BCUT2D eigenvalue weighted by Crippen LogP contribution is -1.97. The van der Waals surface area contributed by atoms with E-state index in [0.29, 0.717) is 13.2 Å². The van der Waals surface area contributed by atoms with Gasteiger partial charge in [-0.15, -0.1) is 0 Å². The predicted molar refractivity (Wildman–Crippen MR) is 91.5 cm³/mol. The molecular formula is C9H18Cl3O2PS3. The smallest absolute Gasteiger partial charge is 0.258 e. The molecule has 0 bridgehead atoms. The first-order valence-electron chi connectivity index (χ1n) is 5.66. The fourth-order valence-corrected chi connectivity index (χ4v) is 8.99. The van der Waals surface area contributed by atoms with Crippen LogP contribution in [-0.4, -0.2) is 16.3 Å². The summed E-state index contributed by atoms with van der Waals surface area (Å²) >= 11 is 22.5. The van der Waals surface area contributed by atoms with Crippen molar-refractivity contribution < 1.29 is 9.05 Å². The van der Waals surface area contributed by atoms with Crippen LogP contribution in [0.2, 0.25) is 0 Å². The molecular weight excluding hydrogens is 374 g/mol. The van der Waals surface area contributed by atoms with Crippen LogP contribution in [-0.2, 0) is 20.9 Å². The van der Waals surface area contributed by atoms with Crippen molar-refractivity contribution in [3.63, 3.8) is 0 Å². The summed E-state index contributed by atoms with van der Waals surface area (Å²) in [6.45, 7) is 5.36. The molecule has 0 fully saturated rings. The zero-order valence-corrected chi connectivity index (χ0v) is 16.0. The SMILES string of the molecule is CCCCOP(=S)(OCCCC)SSC(Cl)(Cl)Cl. The number of halogens is 3. The standard InChI is InChI=1S/C9H18Cl3O2PS3/c1-3-5-7-13-15(16,14-8-6-4-2)18-17-9(10,11)12/h3-8H2,1-2H3. The number of hydrogen-bond donors (Lipinski definition) is 0. The first-order chi connectivity index (χ1) is 8.33. The molecule has 0 aromatic carbocycles. The van der Waals surface area contributed by atoms with Gasteiger partial charge in [0.25, 0.3) is 5.69 Å². The van der Waals surface area contributed by atoms with Crippen molar-refractivity contribution in [3.8, 4) is 0 Å². The molecule has 0 rings (SSSR count). The summed E-state index contributed by atoms with van der Waals surface area (Å²) in [6, 6.07) is 0. The number of hydrogen-bond acceptors (Lipinski definition) is 5. The zero-order valence-electron chi connectivity index (χ0n) is 10.4. The Bertz CT molecular complexity index is 250. The van der Waals surface area contributed by atoms with Gasteiger partial charge in [0, 0.05) is 10.4 Å². The van der Waals surface area contributed by atoms with Crippen LogP contribution in [0.3, 0.4) is 0 Å². The van der Waals surface area contributed by atoms with Crippen molar-refractivity contribution >= 4 is 73.5 Å². The Morgan fingerprint density at radius 2 is 1.50 bits per heavy atom. The lowest BCUT2D eigenvalue weighted by atomic mass is 10.4. The van der Waals surface area contributed by atoms with Crippen LogP contribution in [0.15, 0.2) is 0 Å². The Morgan fingerprint density at radius 1 is 1.06 bits per heavy atom. The molecule has 18 heavy (non-hydrogen) atoms. The molecule has 110 valence electrons. The van der Waals surface area contributed by atoms with Gasteiger partial charge in [0.2, 0.25) is 3.12 Å². The van der Waals surface area contributed by atoms with Gasteiger partial charge < -0.3 is 9.05 Å². The van der Waals surface area contributed by atoms with E-state index >= 15 is 0 Å². The van der Waals surface area contributed by atoms with Crippen LogP contribution >= 0.6 is 61.7 Å². The third-order valence-corrected chi connectivity index (χ3v) is 11.4. The molecule has 0 atom stereocenters. The maximum Gasteiger partial charge on any atom is 0.258 e.